The SMILES string of the molecule is Cc1cc(OCC(=O)Nc2ccc(C(=O)N(C)C)cc2)cc(C)c1Cl. The molecule has 0 atom stereocenters. The number of anilines is 1. The van der Waals surface area contributed by atoms with Crippen molar-refractivity contribution in [1.29, 1.82) is 0 Å². The molecule has 2 aromatic rings. The first kappa shape index (κ1) is 18.8. The van der Waals surface area contributed by atoms with Gasteiger partial charge in [-0.1, -0.05) is 11.6 Å². The maximum Gasteiger partial charge on any atom is 0.262 e. The summed E-state index contributed by atoms with van der Waals surface area (Å²) in [5, 5.41) is 3.43. The molecule has 0 aliphatic heterocycles. The summed E-state index contributed by atoms with van der Waals surface area (Å²) in [5.41, 5.74) is 2.97. The second-order valence-electron chi connectivity index (χ2n) is 5.98. The van der Waals surface area contributed by atoms with Crippen LogP contribution in [0.2, 0.25) is 5.02 Å². The van der Waals surface area contributed by atoms with Crippen molar-refractivity contribution in [2.75, 3.05) is 26.0 Å². The fraction of sp³-hybridized carbons (Fsp3) is 0.263. The molecule has 0 saturated carbocycles. The van der Waals surface area contributed by atoms with Crippen LogP contribution in [0.4, 0.5) is 5.69 Å². The van der Waals surface area contributed by atoms with E-state index in [1.54, 1.807) is 50.5 Å². The fourth-order valence-electron chi connectivity index (χ4n) is 2.29. The summed E-state index contributed by atoms with van der Waals surface area (Å²) >= 11 is 6.11. The molecule has 0 aromatic heterocycles. The minimum atomic E-state index is -0.281. The van der Waals surface area contributed by atoms with E-state index in [1.807, 2.05) is 13.8 Å². The number of hydrogen-bond donors (Lipinski definition) is 1. The van der Waals surface area contributed by atoms with Crippen LogP contribution in [0.25, 0.3) is 0 Å². The summed E-state index contributed by atoms with van der Waals surface area (Å²) in [6.07, 6.45) is 0. The molecule has 132 valence electrons. The van der Waals surface area contributed by atoms with Crippen molar-refractivity contribution in [2.24, 2.45) is 0 Å². The van der Waals surface area contributed by atoms with Crippen LogP contribution in [-0.2, 0) is 4.79 Å². The molecule has 1 N–H and O–H groups in total. The molecule has 25 heavy (non-hydrogen) atoms. The molecule has 0 bridgehead atoms. The second kappa shape index (κ2) is 8.03. The zero-order valence-electron chi connectivity index (χ0n) is 14.7. The summed E-state index contributed by atoms with van der Waals surface area (Å²) in [6, 6.07) is 10.3. The molecule has 2 aromatic carbocycles. The number of nitrogens with zero attached hydrogens (tertiary/aromatic N) is 1. The van der Waals surface area contributed by atoms with E-state index in [1.165, 1.54) is 4.90 Å². The van der Waals surface area contributed by atoms with E-state index in [4.69, 9.17) is 16.3 Å². The molecule has 5 nitrogen and oxygen atoms in total. The molecular weight excluding hydrogens is 340 g/mol. The van der Waals surface area contributed by atoms with Crippen molar-refractivity contribution in [2.45, 2.75) is 13.8 Å². The molecule has 0 radical (unpaired) electrons. The number of benzene rings is 2. The molecule has 2 rings (SSSR count). The van der Waals surface area contributed by atoms with Gasteiger partial charge in [0.05, 0.1) is 0 Å². The number of nitrogens with one attached hydrogen (secondary N) is 1. The summed E-state index contributed by atoms with van der Waals surface area (Å²) in [7, 11) is 3.38. The number of ether oxygens (including phenoxy) is 1. The summed E-state index contributed by atoms with van der Waals surface area (Å²) in [5.74, 6) is 0.230. The topological polar surface area (TPSA) is 58.6 Å². The molecule has 0 aliphatic carbocycles. The van der Waals surface area contributed by atoms with Crippen LogP contribution < -0.4 is 10.1 Å². The Morgan fingerprint density at radius 2 is 1.64 bits per heavy atom. The Balaban J connectivity index is 1.93. The van der Waals surface area contributed by atoms with E-state index in [9.17, 15) is 9.59 Å². The van der Waals surface area contributed by atoms with Gasteiger partial charge in [-0.2, -0.15) is 0 Å². The van der Waals surface area contributed by atoms with E-state index < -0.39 is 0 Å². The molecule has 0 fully saturated rings. The van der Waals surface area contributed by atoms with Crippen LogP contribution in [0.15, 0.2) is 36.4 Å². The third-order valence-electron chi connectivity index (χ3n) is 3.60. The van der Waals surface area contributed by atoms with Crippen LogP contribution >= 0.6 is 11.6 Å². The molecule has 0 saturated heterocycles. The van der Waals surface area contributed by atoms with Gasteiger partial charge in [0.2, 0.25) is 0 Å². The van der Waals surface area contributed by atoms with E-state index in [-0.39, 0.29) is 18.4 Å². The quantitative estimate of drug-likeness (QED) is 0.884. The third kappa shape index (κ3) is 4.97. The van der Waals surface area contributed by atoms with Crippen LogP contribution in [0.5, 0.6) is 5.75 Å². The van der Waals surface area contributed by atoms with Crippen molar-refractivity contribution in [3.63, 3.8) is 0 Å². The largest absolute Gasteiger partial charge is 0.484 e. The van der Waals surface area contributed by atoms with Crippen LogP contribution in [0.1, 0.15) is 21.5 Å². The molecule has 0 heterocycles. The van der Waals surface area contributed by atoms with Gasteiger partial charge in [-0.3, -0.25) is 9.59 Å². The first-order chi connectivity index (χ1) is 11.8. The number of carbonyl (C=O) groups excluding carboxylic acids is 2. The molecular formula is C19H21ClN2O3. The Labute approximate surface area is 152 Å². The number of halogens is 1. The average Bonchev–Trinajstić information content (AvgIpc) is 2.57. The average molecular weight is 361 g/mol. The Bertz CT molecular complexity index is 763. The smallest absolute Gasteiger partial charge is 0.262 e. The zero-order valence-corrected chi connectivity index (χ0v) is 15.5. The number of hydrogen-bond acceptors (Lipinski definition) is 3. The summed E-state index contributed by atoms with van der Waals surface area (Å²) in [4.78, 5) is 25.3. The molecule has 0 unspecified atom stereocenters. The summed E-state index contributed by atoms with van der Waals surface area (Å²) < 4.78 is 5.52. The van der Waals surface area contributed by atoms with E-state index in [0.29, 0.717) is 22.0 Å². The first-order valence-electron chi connectivity index (χ1n) is 7.79. The van der Waals surface area contributed by atoms with Gasteiger partial charge in [0, 0.05) is 30.4 Å². The number of aryl methyl sites for hydroxylation is 2. The highest BCUT2D eigenvalue weighted by atomic mass is 35.5. The highest BCUT2D eigenvalue weighted by Crippen LogP contribution is 2.25. The third-order valence-corrected chi connectivity index (χ3v) is 4.20. The van der Waals surface area contributed by atoms with Crippen LogP contribution in [0, 0.1) is 13.8 Å². The van der Waals surface area contributed by atoms with Gasteiger partial charge in [-0.05, 0) is 61.4 Å². The van der Waals surface area contributed by atoms with Gasteiger partial charge >= 0.3 is 0 Å². The zero-order chi connectivity index (χ0) is 18.6. The lowest BCUT2D eigenvalue weighted by Gasteiger charge is -2.12. The van der Waals surface area contributed by atoms with Crippen molar-refractivity contribution in [3.05, 3.63) is 58.1 Å². The number of amides is 2. The maximum atomic E-state index is 12.0. The van der Waals surface area contributed by atoms with Crippen LogP contribution in [-0.4, -0.2) is 37.4 Å². The first-order valence-corrected chi connectivity index (χ1v) is 8.17. The predicted molar refractivity (Wildman–Crippen MR) is 99.5 cm³/mol. The van der Waals surface area contributed by atoms with Gasteiger partial charge in [-0.15, -0.1) is 0 Å². The van der Waals surface area contributed by atoms with Gasteiger partial charge < -0.3 is 15.0 Å². The van der Waals surface area contributed by atoms with Crippen molar-refractivity contribution >= 4 is 29.1 Å². The summed E-state index contributed by atoms with van der Waals surface area (Å²) in [6.45, 7) is 3.66. The molecule has 2 amide bonds. The Morgan fingerprint density at radius 1 is 1.08 bits per heavy atom. The van der Waals surface area contributed by atoms with E-state index in [2.05, 4.69) is 5.32 Å². The molecule has 0 aliphatic rings. The second-order valence-corrected chi connectivity index (χ2v) is 6.36. The van der Waals surface area contributed by atoms with Gasteiger partial charge in [-0.25, -0.2) is 0 Å². The van der Waals surface area contributed by atoms with E-state index in [0.717, 1.165) is 11.1 Å². The highest BCUT2D eigenvalue weighted by molar-refractivity contribution is 6.32. The minimum Gasteiger partial charge on any atom is -0.484 e. The monoisotopic (exact) mass is 360 g/mol. The minimum absolute atomic E-state index is 0.0883. The van der Waals surface area contributed by atoms with Crippen LogP contribution in [0.3, 0.4) is 0 Å². The Kier molecular flexibility index (Phi) is 6.04. The normalized spacial score (nSPS) is 10.3. The standard InChI is InChI=1S/C19H21ClN2O3/c1-12-9-16(10-13(2)18(12)20)25-11-17(23)21-15-7-5-14(6-8-15)19(24)22(3)4/h5-10H,11H2,1-4H3,(H,21,23). The van der Waals surface area contributed by atoms with Gasteiger partial charge in [0.15, 0.2) is 6.61 Å². The molecule has 6 heteroatoms. The lowest BCUT2D eigenvalue weighted by atomic mass is 10.1. The van der Waals surface area contributed by atoms with Gasteiger partial charge in [0.1, 0.15) is 5.75 Å². The van der Waals surface area contributed by atoms with Gasteiger partial charge in [0.25, 0.3) is 11.8 Å². The fourth-order valence-corrected chi connectivity index (χ4v) is 2.40. The maximum absolute atomic E-state index is 12.0. The number of rotatable bonds is 5. The number of carbonyl (C=O) groups is 2. The van der Waals surface area contributed by atoms with E-state index >= 15 is 0 Å². The lowest BCUT2D eigenvalue weighted by molar-refractivity contribution is -0.118. The Hall–Kier alpha value is -2.53. The van der Waals surface area contributed by atoms with Crippen molar-refractivity contribution in [3.8, 4) is 5.75 Å². The Morgan fingerprint density at radius 3 is 2.16 bits per heavy atom. The molecule has 0 spiro atoms. The van der Waals surface area contributed by atoms with Crippen molar-refractivity contribution in [1.82, 2.24) is 4.90 Å². The highest BCUT2D eigenvalue weighted by Gasteiger charge is 2.09. The van der Waals surface area contributed by atoms with Crippen molar-refractivity contribution < 1.29 is 14.3 Å². The predicted octanol–water partition coefficient (Wildman–Crippen LogP) is 3.68. The lowest BCUT2D eigenvalue weighted by Crippen LogP contribution is -2.22.